The molecule has 1 saturated heterocycles. The Labute approximate surface area is 218 Å². The minimum absolute atomic E-state index is 0.242. The van der Waals surface area contributed by atoms with Crippen molar-refractivity contribution in [1.82, 2.24) is 19.7 Å². The van der Waals surface area contributed by atoms with E-state index in [-0.39, 0.29) is 29.7 Å². The number of carboxylic acid groups (broad SMARTS) is 1. The summed E-state index contributed by atoms with van der Waals surface area (Å²) in [6.07, 6.45) is -0.475. The van der Waals surface area contributed by atoms with Crippen LogP contribution in [-0.4, -0.2) is 75.4 Å². The zero-order chi connectivity index (χ0) is 27.7. The van der Waals surface area contributed by atoms with Crippen LogP contribution in [-0.2, 0) is 16.1 Å². The summed E-state index contributed by atoms with van der Waals surface area (Å²) in [7, 11) is 0. The van der Waals surface area contributed by atoms with Gasteiger partial charge in [-0.1, -0.05) is 23.7 Å². The maximum absolute atomic E-state index is 13.0. The number of benzene rings is 1. The molecule has 0 aliphatic carbocycles. The van der Waals surface area contributed by atoms with Crippen molar-refractivity contribution < 1.29 is 41.7 Å². The van der Waals surface area contributed by atoms with Gasteiger partial charge in [0, 0.05) is 18.9 Å². The molecule has 0 bridgehead atoms. The minimum atomic E-state index is -5.08. The molecule has 15 heteroatoms. The average Bonchev–Trinajstić information content (AvgIpc) is 3.31. The molecule has 3 aromatic rings. The first-order valence-corrected chi connectivity index (χ1v) is 11.4. The van der Waals surface area contributed by atoms with Gasteiger partial charge in [-0.2, -0.15) is 18.3 Å². The van der Waals surface area contributed by atoms with E-state index in [0.717, 1.165) is 5.56 Å². The van der Waals surface area contributed by atoms with E-state index in [1.54, 1.807) is 52.4 Å². The van der Waals surface area contributed by atoms with Crippen LogP contribution in [0.1, 0.15) is 5.56 Å². The molecule has 4 rings (SSSR count). The molecule has 1 aliphatic rings. The highest BCUT2D eigenvalue weighted by molar-refractivity contribution is 6.30. The van der Waals surface area contributed by atoms with E-state index < -0.39 is 12.1 Å². The number of carboxylic acids is 1. The van der Waals surface area contributed by atoms with Crippen molar-refractivity contribution >= 4 is 29.3 Å². The van der Waals surface area contributed by atoms with E-state index in [2.05, 4.69) is 15.4 Å². The fourth-order valence-corrected chi connectivity index (χ4v) is 3.33. The third-order valence-corrected chi connectivity index (χ3v) is 5.24. The van der Waals surface area contributed by atoms with Gasteiger partial charge in [-0.25, -0.2) is 19.0 Å². The topological polar surface area (TPSA) is 119 Å². The van der Waals surface area contributed by atoms with Crippen molar-refractivity contribution in [1.29, 1.82) is 0 Å². The average molecular weight is 560 g/mol. The number of halogens is 5. The molecule has 1 unspecified atom stereocenters. The second kappa shape index (κ2) is 13.1. The molecular formula is C23H22ClF4N5O5. The van der Waals surface area contributed by atoms with Gasteiger partial charge >= 0.3 is 18.2 Å². The number of hydrogen-bond donors (Lipinski definition) is 2. The third kappa shape index (κ3) is 8.88. The Hall–Kier alpha value is -3.91. The Balaban J connectivity index is 0.000000505. The molecule has 0 saturated carbocycles. The van der Waals surface area contributed by atoms with Crippen LogP contribution in [0, 0.1) is 5.82 Å². The number of rotatable bonds is 6. The lowest BCUT2D eigenvalue weighted by molar-refractivity contribution is -0.192. The molecule has 204 valence electrons. The van der Waals surface area contributed by atoms with Gasteiger partial charge in [0.25, 0.3) is 0 Å². The van der Waals surface area contributed by atoms with Crippen LogP contribution >= 0.6 is 11.6 Å². The molecule has 1 atom stereocenters. The number of alkyl halides is 3. The normalized spacial score (nSPS) is 15.3. The van der Waals surface area contributed by atoms with E-state index in [4.69, 9.17) is 31.0 Å². The van der Waals surface area contributed by atoms with Gasteiger partial charge in [-0.3, -0.25) is 4.68 Å². The van der Waals surface area contributed by atoms with Crippen molar-refractivity contribution in [3.8, 4) is 5.75 Å². The monoisotopic (exact) mass is 559 g/mol. The lowest BCUT2D eigenvalue weighted by Crippen LogP contribution is -2.49. The Morgan fingerprint density at radius 1 is 1.24 bits per heavy atom. The molecule has 2 aromatic heterocycles. The predicted octanol–water partition coefficient (Wildman–Crippen LogP) is 4.06. The first-order chi connectivity index (χ1) is 18.0. The lowest BCUT2D eigenvalue weighted by atomic mass is 10.2. The molecule has 1 aliphatic heterocycles. The van der Waals surface area contributed by atoms with Crippen molar-refractivity contribution in [2.45, 2.75) is 18.8 Å². The number of aromatic nitrogens is 3. The fourth-order valence-electron chi connectivity index (χ4n) is 3.16. The Bertz CT molecular complexity index is 1230. The van der Waals surface area contributed by atoms with Gasteiger partial charge in [0.05, 0.1) is 31.6 Å². The van der Waals surface area contributed by atoms with Gasteiger partial charge < -0.3 is 24.8 Å². The number of carbonyl (C=O) groups excluding carboxylic acids is 1. The van der Waals surface area contributed by atoms with Gasteiger partial charge in [0.2, 0.25) is 0 Å². The number of urea groups is 1. The summed E-state index contributed by atoms with van der Waals surface area (Å²) in [5, 5.41) is 14.5. The molecule has 3 heterocycles. The van der Waals surface area contributed by atoms with Crippen molar-refractivity contribution in [3.63, 3.8) is 0 Å². The number of aliphatic carboxylic acids is 1. The summed E-state index contributed by atoms with van der Waals surface area (Å²) in [4.78, 5) is 27.2. The van der Waals surface area contributed by atoms with Crippen LogP contribution in [0.2, 0.25) is 5.15 Å². The second-order valence-electron chi connectivity index (χ2n) is 7.83. The van der Waals surface area contributed by atoms with Crippen LogP contribution in [0.15, 0.2) is 55.0 Å². The molecule has 0 spiro atoms. The number of hydrogen-bond acceptors (Lipinski definition) is 6. The lowest BCUT2D eigenvalue weighted by Gasteiger charge is -2.32. The maximum Gasteiger partial charge on any atom is 0.490 e. The second-order valence-corrected chi connectivity index (χ2v) is 8.19. The molecule has 1 fully saturated rings. The van der Waals surface area contributed by atoms with Crippen LogP contribution < -0.4 is 10.1 Å². The summed E-state index contributed by atoms with van der Waals surface area (Å²) in [5.41, 5.74) is 1.49. The van der Waals surface area contributed by atoms with E-state index in [0.29, 0.717) is 37.7 Å². The van der Waals surface area contributed by atoms with Crippen LogP contribution in [0.3, 0.4) is 0 Å². The number of carbonyl (C=O) groups is 2. The van der Waals surface area contributed by atoms with Gasteiger partial charge in [0.15, 0.2) is 10.9 Å². The third-order valence-electron chi connectivity index (χ3n) is 4.96. The van der Waals surface area contributed by atoms with Crippen LogP contribution in [0.5, 0.6) is 5.75 Å². The number of nitrogens with one attached hydrogen (secondary N) is 1. The highest BCUT2D eigenvalue weighted by Crippen LogP contribution is 2.21. The minimum Gasteiger partial charge on any atom is -0.488 e. The van der Waals surface area contributed by atoms with Gasteiger partial charge in [-0.05, 0) is 29.8 Å². The van der Waals surface area contributed by atoms with E-state index in [1.807, 2.05) is 0 Å². The zero-order valence-corrected chi connectivity index (χ0v) is 20.3. The van der Waals surface area contributed by atoms with E-state index >= 15 is 0 Å². The molecule has 1 aromatic carbocycles. The van der Waals surface area contributed by atoms with Crippen molar-refractivity contribution in [2.24, 2.45) is 0 Å². The number of amides is 2. The summed E-state index contributed by atoms with van der Waals surface area (Å²) < 4.78 is 57.8. The van der Waals surface area contributed by atoms with Crippen molar-refractivity contribution in [2.75, 3.05) is 31.6 Å². The Morgan fingerprint density at radius 2 is 1.95 bits per heavy atom. The molecular weight excluding hydrogens is 538 g/mol. The zero-order valence-electron chi connectivity index (χ0n) is 19.6. The number of pyridine rings is 1. The van der Waals surface area contributed by atoms with Crippen LogP contribution in [0.4, 0.5) is 28.0 Å². The van der Waals surface area contributed by atoms with Gasteiger partial charge in [0.1, 0.15) is 18.5 Å². The Morgan fingerprint density at radius 3 is 2.61 bits per heavy atom. The number of morpholine rings is 1. The molecule has 38 heavy (non-hydrogen) atoms. The quantitative estimate of drug-likeness (QED) is 0.345. The number of anilines is 1. The highest BCUT2D eigenvalue weighted by Gasteiger charge is 2.38. The highest BCUT2D eigenvalue weighted by atomic mass is 35.5. The molecule has 2 amide bonds. The van der Waals surface area contributed by atoms with Crippen LogP contribution in [0.25, 0.3) is 0 Å². The molecule has 10 nitrogen and oxygen atoms in total. The fraction of sp³-hybridized carbons (Fsp3) is 0.304. The summed E-state index contributed by atoms with van der Waals surface area (Å²) >= 11 is 6.00. The summed E-state index contributed by atoms with van der Waals surface area (Å²) in [6.45, 7) is 1.99. The summed E-state index contributed by atoms with van der Waals surface area (Å²) in [6, 6.07) is 9.43. The first kappa shape index (κ1) is 28.7. The number of nitrogens with zero attached hydrogens (tertiary/aromatic N) is 4. The van der Waals surface area contributed by atoms with Gasteiger partial charge in [-0.15, -0.1) is 0 Å². The Kier molecular flexibility index (Phi) is 9.85. The maximum atomic E-state index is 13.0. The smallest absolute Gasteiger partial charge is 0.488 e. The molecule has 0 radical (unpaired) electrons. The largest absolute Gasteiger partial charge is 0.490 e. The van der Waals surface area contributed by atoms with E-state index in [1.165, 1.54) is 12.1 Å². The number of ether oxygens (including phenoxy) is 2. The standard InChI is InChI=1S/C21H21ClFN5O3.C2HF3O2/c22-20-19(2-1-7-24-20)31-14-18-13-27(8-9-30-18)21(29)26-17-10-25-28(12-17)11-15-3-5-16(23)6-4-15;3-2(4,5)1(6)7/h1-7,10,12,18H,8-9,11,13-14H2,(H,26,29);(H,6,7). The SMILES string of the molecule is O=C(Nc1cnn(Cc2ccc(F)cc2)c1)N1CCOC(COc2cccnc2Cl)C1.O=C(O)C(F)(F)F. The van der Waals surface area contributed by atoms with Crippen molar-refractivity contribution in [3.05, 3.63) is 71.5 Å². The molecule has 2 N–H and O–H groups in total. The predicted molar refractivity (Wildman–Crippen MR) is 126 cm³/mol. The summed E-state index contributed by atoms with van der Waals surface area (Å²) in [5.74, 6) is -2.56. The van der Waals surface area contributed by atoms with E-state index in [9.17, 15) is 22.4 Å². The first-order valence-electron chi connectivity index (χ1n) is 11.0.